The number of aryl methyl sites for hydroxylation is 1. The highest BCUT2D eigenvalue weighted by Gasteiger charge is 2.11. The first-order chi connectivity index (χ1) is 13.7. The molecule has 4 aromatic rings. The fourth-order valence-electron chi connectivity index (χ4n) is 2.81. The maximum absolute atomic E-state index is 12.3. The van der Waals surface area contributed by atoms with Crippen molar-refractivity contribution in [3.05, 3.63) is 100 Å². The zero-order valence-electron chi connectivity index (χ0n) is 15.2. The van der Waals surface area contributed by atoms with Crippen LogP contribution in [0.2, 0.25) is 0 Å². The third-order valence-electron chi connectivity index (χ3n) is 4.27. The lowest BCUT2D eigenvalue weighted by Gasteiger charge is -2.09. The van der Waals surface area contributed by atoms with Crippen molar-refractivity contribution in [2.75, 3.05) is 0 Å². The molecule has 0 unspecified atom stereocenters. The summed E-state index contributed by atoms with van der Waals surface area (Å²) in [5.41, 5.74) is 7.46. The molecular weight excluding hydrogens is 368 g/mol. The standard InChI is InChI=1S/C22H18N4OS/c1-16-7-9-17(10-8-16)20-15-28-22(26(20)19-5-3-2-4-6-19)25-24-21(27)18-11-13-23-14-12-18/h2-15H,1H3,(H,24,27). The van der Waals surface area contributed by atoms with Crippen LogP contribution in [0.5, 0.6) is 0 Å². The second-order valence-corrected chi connectivity index (χ2v) is 7.07. The van der Waals surface area contributed by atoms with E-state index in [1.165, 1.54) is 16.9 Å². The van der Waals surface area contributed by atoms with Crippen LogP contribution < -0.4 is 10.2 Å². The average Bonchev–Trinajstić information content (AvgIpc) is 3.17. The number of thiazole rings is 1. The molecule has 0 aliphatic heterocycles. The van der Waals surface area contributed by atoms with Crippen molar-refractivity contribution in [3.63, 3.8) is 0 Å². The predicted molar refractivity (Wildman–Crippen MR) is 111 cm³/mol. The number of nitrogens with one attached hydrogen (secondary N) is 1. The molecular formula is C22H18N4OS. The van der Waals surface area contributed by atoms with E-state index in [-0.39, 0.29) is 5.91 Å². The van der Waals surface area contributed by atoms with Crippen molar-refractivity contribution in [3.8, 4) is 16.9 Å². The van der Waals surface area contributed by atoms with Crippen LogP contribution in [0.4, 0.5) is 0 Å². The van der Waals surface area contributed by atoms with Gasteiger partial charge in [-0.05, 0) is 36.8 Å². The van der Waals surface area contributed by atoms with Crippen LogP contribution in [0.25, 0.3) is 16.9 Å². The molecule has 0 saturated carbocycles. The Balaban J connectivity index is 1.77. The van der Waals surface area contributed by atoms with Crippen molar-refractivity contribution in [1.82, 2.24) is 15.0 Å². The third kappa shape index (κ3) is 3.77. The summed E-state index contributed by atoms with van der Waals surface area (Å²) in [7, 11) is 0. The van der Waals surface area contributed by atoms with Crippen LogP contribution in [-0.2, 0) is 0 Å². The zero-order valence-corrected chi connectivity index (χ0v) is 16.1. The van der Waals surface area contributed by atoms with Gasteiger partial charge in [0.25, 0.3) is 5.91 Å². The summed E-state index contributed by atoms with van der Waals surface area (Å²) in [5, 5.41) is 6.43. The van der Waals surface area contributed by atoms with Gasteiger partial charge in [0.15, 0.2) is 0 Å². The Kier molecular flexibility index (Phi) is 5.12. The van der Waals surface area contributed by atoms with E-state index in [0.29, 0.717) is 10.4 Å². The molecule has 0 saturated heterocycles. The Morgan fingerprint density at radius 2 is 1.71 bits per heavy atom. The Hall–Kier alpha value is -3.51. The molecule has 5 nitrogen and oxygen atoms in total. The van der Waals surface area contributed by atoms with Gasteiger partial charge < -0.3 is 0 Å². The highest BCUT2D eigenvalue weighted by atomic mass is 32.1. The molecule has 1 N–H and O–H groups in total. The van der Waals surface area contributed by atoms with Crippen LogP contribution in [0, 0.1) is 6.92 Å². The minimum Gasteiger partial charge on any atom is -0.284 e. The number of hydrogen-bond donors (Lipinski definition) is 1. The highest BCUT2D eigenvalue weighted by Crippen LogP contribution is 2.23. The summed E-state index contributed by atoms with van der Waals surface area (Å²) in [5.74, 6) is -0.271. The molecule has 1 amide bonds. The molecule has 0 aliphatic rings. The number of para-hydroxylation sites is 1. The first-order valence-corrected chi connectivity index (χ1v) is 9.67. The van der Waals surface area contributed by atoms with Crippen molar-refractivity contribution in [1.29, 1.82) is 0 Å². The van der Waals surface area contributed by atoms with E-state index < -0.39 is 0 Å². The first kappa shape index (κ1) is 17.9. The number of carbonyl (C=O) groups is 1. The molecule has 2 heterocycles. The first-order valence-electron chi connectivity index (χ1n) is 8.79. The van der Waals surface area contributed by atoms with E-state index in [1.807, 2.05) is 34.9 Å². The SMILES string of the molecule is Cc1ccc(-c2csc(=NNC(=O)c3ccncc3)n2-c2ccccc2)cc1. The third-order valence-corrected chi connectivity index (χ3v) is 5.09. The summed E-state index contributed by atoms with van der Waals surface area (Å²) in [6.07, 6.45) is 3.17. The summed E-state index contributed by atoms with van der Waals surface area (Å²) in [4.78, 5) is 17.0. The summed E-state index contributed by atoms with van der Waals surface area (Å²) >= 11 is 1.48. The van der Waals surface area contributed by atoms with E-state index in [9.17, 15) is 4.79 Å². The Morgan fingerprint density at radius 3 is 2.43 bits per heavy atom. The average molecular weight is 386 g/mol. The minimum atomic E-state index is -0.271. The van der Waals surface area contributed by atoms with Crippen molar-refractivity contribution in [2.45, 2.75) is 6.92 Å². The number of pyridine rings is 1. The molecule has 0 aliphatic carbocycles. The molecule has 2 aromatic carbocycles. The number of nitrogens with zero attached hydrogens (tertiary/aromatic N) is 3. The normalized spacial score (nSPS) is 11.4. The van der Waals surface area contributed by atoms with Crippen LogP contribution in [0.1, 0.15) is 15.9 Å². The van der Waals surface area contributed by atoms with Gasteiger partial charge in [-0.3, -0.25) is 14.3 Å². The smallest absolute Gasteiger partial charge is 0.271 e. The van der Waals surface area contributed by atoms with Gasteiger partial charge in [-0.15, -0.1) is 16.4 Å². The second-order valence-electron chi connectivity index (χ2n) is 6.23. The summed E-state index contributed by atoms with van der Waals surface area (Å²) in [6.45, 7) is 2.07. The van der Waals surface area contributed by atoms with Crippen LogP contribution in [0.15, 0.2) is 89.6 Å². The largest absolute Gasteiger partial charge is 0.284 e. The molecule has 0 atom stereocenters. The Morgan fingerprint density at radius 1 is 1.00 bits per heavy atom. The lowest BCUT2D eigenvalue weighted by Crippen LogP contribution is -2.24. The van der Waals surface area contributed by atoms with Gasteiger partial charge in [-0.25, -0.2) is 5.43 Å². The van der Waals surface area contributed by atoms with E-state index in [0.717, 1.165) is 16.9 Å². The molecule has 2 aromatic heterocycles. The summed E-state index contributed by atoms with van der Waals surface area (Å²) in [6, 6.07) is 21.7. The van der Waals surface area contributed by atoms with Crippen molar-refractivity contribution < 1.29 is 4.79 Å². The number of rotatable bonds is 4. The number of amides is 1. The second kappa shape index (κ2) is 8.02. The number of benzene rings is 2. The van der Waals surface area contributed by atoms with Gasteiger partial charge in [0.05, 0.1) is 5.69 Å². The molecule has 0 bridgehead atoms. The van der Waals surface area contributed by atoms with Gasteiger partial charge >= 0.3 is 0 Å². The minimum absolute atomic E-state index is 0.271. The fraction of sp³-hybridized carbons (Fsp3) is 0.0455. The van der Waals surface area contributed by atoms with E-state index in [1.54, 1.807) is 24.5 Å². The molecule has 4 rings (SSSR count). The van der Waals surface area contributed by atoms with Gasteiger partial charge in [-0.2, -0.15) is 0 Å². The molecule has 138 valence electrons. The highest BCUT2D eigenvalue weighted by molar-refractivity contribution is 7.07. The molecule has 0 radical (unpaired) electrons. The molecule has 28 heavy (non-hydrogen) atoms. The van der Waals surface area contributed by atoms with E-state index in [2.05, 4.69) is 52.1 Å². The van der Waals surface area contributed by atoms with Crippen molar-refractivity contribution >= 4 is 17.2 Å². The van der Waals surface area contributed by atoms with E-state index >= 15 is 0 Å². The predicted octanol–water partition coefficient (Wildman–Crippen LogP) is 4.15. The molecule has 0 fully saturated rings. The Labute approximate surface area is 166 Å². The van der Waals surface area contributed by atoms with Gasteiger partial charge in [0, 0.05) is 29.0 Å². The molecule has 0 spiro atoms. The lowest BCUT2D eigenvalue weighted by molar-refractivity contribution is 0.0953. The maximum atomic E-state index is 12.3. The number of carbonyl (C=O) groups excluding carboxylic acids is 1. The zero-order chi connectivity index (χ0) is 19.3. The Bertz CT molecular complexity index is 1150. The van der Waals surface area contributed by atoms with Crippen LogP contribution in [-0.4, -0.2) is 15.5 Å². The number of aromatic nitrogens is 2. The quantitative estimate of drug-likeness (QED) is 0.536. The van der Waals surface area contributed by atoms with E-state index in [4.69, 9.17) is 0 Å². The fourth-order valence-corrected chi connectivity index (χ4v) is 3.67. The lowest BCUT2D eigenvalue weighted by atomic mass is 10.1. The van der Waals surface area contributed by atoms with Crippen molar-refractivity contribution in [2.24, 2.45) is 5.10 Å². The number of hydrogen-bond acceptors (Lipinski definition) is 4. The van der Waals surface area contributed by atoms with Crippen LogP contribution in [0.3, 0.4) is 0 Å². The maximum Gasteiger partial charge on any atom is 0.271 e. The van der Waals surface area contributed by atoms with Gasteiger partial charge in [0.2, 0.25) is 4.80 Å². The van der Waals surface area contributed by atoms with Crippen LogP contribution >= 0.6 is 11.3 Å². The van der Waals surface area contributed by atoms with Gasteiger partial charge in [0.1, 0.15) is 0 Å². The summed E-state index contributed by atoms with van der Waals surface area (Å²) < 4.78 is 2.04. The van der Waals surface area contributed by atoms with Gasteiger partial charge in [-0.1, -0.05) is 48.0 Å². The monoisotopic (exact) mass is 386 g/mol. The topological polar surface area (TPSA) is 59.3 Å². The molecule has 6 heteroatoms.